The third-order valence-corrected chi connectivity index (χ3v) is 7.94. The lowest BCUT2D eigenvalue weighted by molar-refractivity contribution is -0.127. The van der Waals surface area contributed by atoms with Crippen molar-refractivity contribution in [3.8, 4) is 11.8 Å². The first-order valence-electron chi connectivity index (χ1n) is 11.1. The first-order valence-corrected chi connectivity index (χ1v) is 12.9. The zero-order valence-corrected chi connectivity index (χ0v) is 20.4. The summed E-state index contributed by atoms with van der Waals surface area (Å²) in [5.41, 5.74) is 2.45. The predicted octanol–water partition coefficient (Wildman–Crippen LogP) is 4.12. The van der Waals surface area contributed by atoms with Gasteiger partial charge >= 0.3 is 0 Å². The summed E-state index contributed by atoms with van der Waals surface area (Å²) < 4.78 is 36.7. The molecule has 0 aliphatic carbocycles. The van der Waals surface area contributed by atoms with E-state index in [9.17, 15) is 13.4 Å². The second kappa shape index (κ2) is 9.84. The zero-order chi connectivity index (χ0) is 25.2. The number of hydrogen-bond donors (Lipinski definition) is 2. The number of carbonyl (C=O) groups excluding carboxylic acids is 1. The molecule has 2 aromatic carbocycles. The fourth-order valence-corrected chi connectivity index (χ4v) is 5.08. The van der Waals surface area contributed by atoms with Crippen LogP contribution in [0.15, 0.2) is 41.0 Å². The Kier molecular flexibility index (Phi) is 6.84. The third kappa shape index (κ3) is 5.49. The molecule has 2 atom stereocenters. The number of ether oxygens (including phenoxy) is 1. The topological polar surface area (TPSA) is 129 Å². The van der Waals surface area contributed by atoms with Gasteiger partial charge in [0.05, 0.1) is 32.7 Å². The number of amides is 1. The van der Waals surface area contributed by atoms with Gasteiger partial charge in [0.1, 0.15) is 29.8 Å². The van der Waals surface area contributed by atoms with Crippen molar-refractivity contribution in [2.75, 3.05) is 16.8 Å². The van der Waals surface area contributed by atoms with Gasteiger partial charge in [0.2, 0.25) is 0 Å². The molecule has 1 aliphatic heterocycles. The Labute approximate surface area is 202 Å². The highest BCUT2D eigenvalue weighted by molar-refractivity contribution is 7.95. The van der Waals surface area contributed by atoms with Crippen LogP contribution in [0.4, 0.5) is 21.6 Å². The minimum Gasteiger partial charge on any atom is -0.479 e. The number of anilines is 2. The van der Waals surface area contributed by atoms with Crippen molar-refractivity contribution < 1.29 is 18.1 Å². The van der Waals surface area contributed by atoms with Crippen molar-refractivity contribution in [3.05, 3.63) is 48.0 Å². The Morgan fingerprint density at radius 1 is 1.26 bits per heavy atom. The van der Waals surface area contributed by atoms with Gasteiger partial charge in [-0.1, -0.05) is 0 Å². The molecule has 2 N–H and O–H groups in total. The summed E-state index contributed by atoms with van der Waals surface area (Å²) in [5, 5.41) is 15.3. The van der Waals surface area contributed by atoms with Crippen molar-refractivity contribution in [2.24, 2.45) is 4.36 Å². The fourth-order valence-electron chi connectivity index (χ4n) is 3.63. The van der Waals surface area contributed by atoms with E-state index in [1.807, 2.05) is 19.1 Å². The Morgan fingerprint density at radius 3 is 2.71 bits per heavy atom. The summed E-state index contributed by atoms with van der Waals surface area (Å²) in [7, 11) is -2.16. The van der Waals surface area contributed by atoms with Crippen LogP contribution >= 0.6 is 0 Å². The van der Waals surface area contributed by atoms with Gasteiger partial charge in [-0.25, -0.2) is 18.6 Å². The van der Waals surface area contributed by atoms with Gasteiger partial charge in [0.25, 0.3) is 5.91 Å². The van der Waals surface area contributed by atoms with E-state index in [4.69, 9.17) is 10.00 Å². The number of benzene rings is 2. The molecule has 2 heterocycles. The second-order valence-electron chi connectivity index (χ2n) is 8.39. The number of rotatable bonds is 7. The summed E-state index contributed by atoms with van der Waals surface area (Å²) in [6.45, 7) is 4.94. The van der Waals surface area contributed by atoms with Gasteiger partial charge in [-0.3, -0.25) is 4.79 Å². The first-order chi connectivity index (χ1) is 16.7. The van der Waals surface area contributed by atoms with E-state index >= 15 is 0 Å². The van der Waals surface area contributed by atoms with E-state index in [0.29, 0.717) is 34.2 Å². The second-order valence-corrected chi connectivity index (χ2v) is 10.9. The molecule has 1 fully saturated rings. The number of aryl methyl sites for hydroxylation is 1. The van der Waals surface area contributed by atoms with E-state index in [1.165, 1.54) is 31.5 Å². The van der Waals surface area contributed by atoms with E-state index in [-0.39, 0.29) is 5.75 Å². The van der Waals surface area contributed by atoms with Gasteiger partial charge in [0.15, 0.2) is 6.10 Å². The zero-order valence-electron chi connectivity index (χ0n) is 19.5. The number of nitriles is 1. The molecular weight excluding hydrogens is 471 g/mol. The van der Waals surface area contributed by atoms with Crippen LogP contribution in [0.2, 0.25) is 0 Å². The molecule has 9 nitrogen and oxygen atoms in total. The highest BCUT2D eigenvalue weighted by Crippen LogP contribution is 2.34. The highest BCUT2D eigenvalue weighted by atomic mass is 32.2. The van der Waals surface area contributed by atoms with Crippen molar-refractivity contribution in [2.45, 2.75) is 39.3 Å². The average Bonchev–Trinajstić information content (AvgIpc) is 2.79. The Morgan fingerprint density at radius 2 is 2.03 bits per heavy atom. The predicted molar refractivity (Wildman–Crippen MR) is 132 cm³/mol. The normalized spacial score (nSPS) is 15.9. The number of nitrogens with one attached hydrogen (secondary N) is 2. The summed E-state index contributed by atoms with van der Waals surface area (Å²) in [5.74, 6) is 0.746. The molecule has 1 amide bonds. The van der Waals surface area contributed by atoms with Crippen LogP contribution in [-0.4, -0.2) is 43.7 Å². The molecule has 4 rings (SSSR count). The highest BCUT2D eigenvalue weighted by Gasteiger charge is 2.21. The van der Waals surface area contributed by atoms with Crippen molar-refractivity contribution in [3.63, 3.8) is 0 Å². The number of hydrogen-bond acceptors (Lipinski definition) is 8. The molecule has 0 radical (unpaired) electrons. The van der Waals surface area contributed by atoms with Crippen LogP contribution in [0.1, 0.15) is 25.8 Å². The number of fused-ring (bicyclic) bond motifs is 1. The number of aromatic nitrogens is 2. The van der Waals surface area contributed by atoms with E-state index in [1.54, 1.807) is 13.0 Å². The smallest absolute Gasteiger partial charge is 0.261 e. The molecule has 0 bridgehead atoms. The molecule has 1 aromatic heterocycles. The maximum absolute atomic E-state index is 14.0. The van der Waals surface area contributed by atoms with Crippen LogP contribution in [0.3, 0.4) is 0 Å². The van der Waals surface area contributed by atoms with Gasteiger partial charge in [-0.05, 0) is 57.0 Å². The van der Waals surface area contributed by atoms with Crippen LogP contribution < -0.4 is 15.4 Å². The first kappa shape index (κ1) is 24.3. The lowest BCUT2D eigenvalue weighted by Crippen LogP contribution is -2.40. The molecule has 1 unspecified atom stereocenters. The standard InChI is InChI=1S/C24H25FN6O3S/c1-14-9-18(31-35(33)7-4-8-35)11-20-22(14)23(28-13-27-20)30-19-6-5-17(25)10-21(19)34-16(3)24(32)29-15(2)12-26/h5-6,9-11,13,15-16H,4,7-8H2,1-3H3,(H,29,32)(H,27,28,30)/t15?,16-/m1/s1. The Bertz CT molecular complexity index is 1450. The largest absolute Gasteiger partial charge is 0.479 e. The number of halogens is 1. The van der Waals surface area contributed by atoms with Crippen molar-refractivity contribution >= 4 is 43.7 Å². The van der Waals surface area contributed by atoms with Gasteiger partial charge in [0, 0.05) is 23.0 Å². The van der Waals surface area contributed by atoms with Gasteiger partial charge < -0.3 is 15.4 Å². The maximum Gasteiger partial charge on any atom is 0.261 e. The molecular formula is C24H25FN6O3S. The fraction of sp³-hybridized carbons (Fsp3) is 0.333. The monoisotopic (exact) mass is 496 g/mol. The summed E-state index contributed by atoms with van der Waals surface area (Å²) in [6, 6.07) is 8.76. The molecule has 3 aromatic rings. The third-order valence-electron chi connectivity index (χ3n) is 5.54. The quantitative estimate of drug-likeness (QED) is 0.503. The molecule has 182 valence electrons. The van der Waals surface area contributed by atoms with Crippen molar-refractivity contribution in [1.82, 2.24) is 15.3 Å². The lowest BCUT2D eigenvalue weighted by Gasteiger charge is -2.19. The van der Waals surface area contributed by atoms with Gasteiger partial charge in [-0.15, -0.1) is 0 Å². The van der Waals surface area contributed by atoms with Gasteiger partial charge in [-0.2, -0.15) is 9.62 Å². The minimum atomic E-state index is -2.16. The summed E-state index contributed by atoms with van der Waals surface area (Å²) in [6.07, 6.45) is 1.33. The minimum absolute atomic E-state index is 0.107. The molecule has 0 spiro atoms. The van der Waals surface area contributed by atoms with Crippen LogP contribution in [0.25, 0.3) is 10.9 Å². The van der Waals surface area contributed by atoms with E-state index in [0.717, 1.165) is 17.4 Å². The van der Waals surface area contributed by atoms with Crippen molar-refractivity contribution in [1.29, 1.82) is 5.26 Å². The Hall–Kier alpha value is -3.78. The molecule has 1 aliphatic rings. The van der Waals surface area contributed by atoms with E-state index < -0.39 is 33.6 Å². The van der Waals surface area contributed by atoms with Crippen LogP contribution in [-0.2, 0) is 14.5 Å². The number of nitrogens with zero attached hydrogens (tertiary/aromatic N) is 4. The SMILES string of the molecule is Cc1cc(N=S2(=O)CCC2)cc2ncnc(Nc3ccc(F)cc3O[C@H](C)C(=O)NC(C)C#N)c12. The van der Waals surface area contributed by atoms with Crippen LogP contribution in [0.5, 0.6) is 5.75 Å². The summed E-state index contributed by atoms with van der Waals surface area (Å²) in [4.78, 5) is 21.0. The molecule has 0 saturated carbocycles. The molecule has 1 saturated heterocycles. The summed E-state index contributed by atoms with van der Waals surface area (Å²) >= 11 is 0. The molecule has 11 heteroatoms. The maximum atomic E-state index is 14.0. The molecule has 35 heavy (non-hydrogen) atoms. The lowest BCUT2D eigenvalue weighted by atomic mass is 10.1. The number of carbonyl (C=O) groups is 1. The Balaban J connectivity index is 1.65. The average molecular weight is 497 g/mol. The van der Waals surface area contributed by atoms with E-state index in [2.05, 4.69) is 25.0 Å². The van der Waals surface area contributed by atoms with Crippen LogP contribution in [0, 0.1) is 24.1 Å².